The lowest BCUT2D eigenvalue weighted by Crippen LogP contribution is -2.42. The smallest absolute Gasteiger partial charge is 0.259 e. The summed E-state index contributed by atoms with van der Waals surface area (Å²) in [5, 5.41) is 2.70. The maximum atomic E-state index is 13.1. The van der Waals surface area contributed by atoms with Gasteiger partial charge in [-0.2, -0.15) is 0 Å². The molecule has 1 atom stereocenters. The van der Waals surface area contributed by atoms with E-state index in [-0.39, 0.29) is 23.6 Å². The number of likely N-dealkylation sites (tertiary alicyclic amines) is 1. The Morgan fingerprint density at radius 3 is 2.69 bits per heavy atom. The van der Waals surface area contributed by atoms with Gasteiger partial charge in [0.25, 0.3) is 11.8 Å². The fourth-order valence-corrected chi connectivity index (χ4v) is 3.69. The number of furan rings is 1. The normalized spacial score (nSPS) is 16.8. The van der Waals surface area contributed by atoms with Crippen molar-refractivity contribution >= 4 is 11.8 Å². The SMILES string of the molecule is CC(C)Cn1cc(C(=O)NCc2ccco2)c(=O)c(C(=O)N2CCCC(C)C2)c1. The Bertz CT molecular complexity index is 915. The molecule has 1 N–H and O–H groups in total. The molecule has 7 heteroatoms. The first-order valence-corrected chi connectivity index (χ1v) is 10.2. The molecule has 1 unspecified atom stereocenters. The molecule has 156 valence electrons. The first-order valence-electron chi connectivity index (χ1n) is 10.2. The number of rotatable bonds is 6. The van der Waals surface area contributed by atoms with Gasteiger partial charge in [0.2, 0.25) is 5.43 Å². The molecule has 0 aliphatic carbocycles. The summed E-state index contributed by atoms with van der Waals surface area (Å²) in [5.74, 6) is 0.501. The molecule has 2 aromatic heterocycles. The fraction of sp³-hybridized carbons (Fsp3) is 0.500. The summed E-state index contributed by atoms with van der Waals surface area (Å²) in [6, 6.07) is 3.48. The van der Waals surface area contributed by atoms with Crippen LogP contribution in [0.5, 0.6) is 0 Å². The molecule has 0 spiro atoms. The Morgan fingerprint density at radius 1 is 1.28 bits per heavy atom. The first-order chi connectivity index (χ1) is 13.8. The highest BCUT2D eigenvalue weighted by molar-refractivity contribution is 5.99. The summed E-state index contributed by atoms with van der Waals surface area (Å²) >= 11 is 0. The summed E-state index contributed by atoms with van der Waals surface area (Å²) in [6.07, 6.45) is 6.66. The summed E-state index contributed by atoms with van der Waals surface area (Å²) in [7, 11) is 0. The molecule has 7 nitrogen and oxygen atoms in total. The molecule has 1 saturated heterocycles. The standard InChI is InChI=1S/C22H29N3O4/c1-15(2)11-24-13-18(21(27)23-10-17-7-5-9-29-17)20(26)19(14-24)22(28)25-8-4-6-16(3)12-25/h5,7,9,13-16H,4,6,8,10-12H2,1-3H3,(H,23,27). The average Bonchev–Trinajstić information content (AvgIpc) is 3.20. The Balaban J connectivity index is 1.90. The lowest BCUT2D eigenvalue weighted by atomic mass is 9.99. The van der Waals surface area contributed by atoms with E-state index in [1.165, 1.54) is 12.5 Å². The minimum absolute atomic E-state index is 0.0203. The average molecular weight is 399 g/mol. The lowest BCUT2D eigenvalue weighted by molar-refractivity contribution is 0.0680. The van der Waals surface area contributed by atoms with Crippen molar-refractivity contribution in [3.05, 3.63) is 57.9 Å². The van der Waals surface area contributed by atoms with E-state index in [4.69, 9.17) is 4.42 Å². The van der Waals surface area contributed by atoms with Crippen molar-refractivity contribution in [1.29, 1.82) is 0 Å². The van der Waals surface area contributed by atoms with Crippen molar-refractivity contribution in [3.8, 4) is 0 Å². The highest BCUT2D eigenvalue weighted by Gasteiger charge is 2.26. The molecular weight excluding hydrogens is 370 g/mol. The molecule has 2 amide bonds. The van der Waals surface area contributed by atoms with E-state index in [1.807, 2.05) is 13.8 Å². The number of nitrogens with zero attached hydrogens (tertiary/aromatic N) is 2. The maximum absolute atomic E-state index is 13.1. The van der Waals surface area contributed by atoms with E-state index >= 15 is 0 Å². The van der Waals surface area contributed by atoms with Gasteiger partial charge in [-0.05, 0) is 36.8 Å². The van der Waals surface area contributed by atoms with Crippen molar-refractivity contribution in [3.63, 3.8) is 0 Å². The summed E-state index contributed by atoms with van der Waals surface area (Å²) in [6.45, 7) is 8.26. The number of pyridine rings is 1. The van der Waals surface area contributed by atoms with Crippen LogP contribution in [0.2, 0.25) is 0 Å². The van der Waals surface area contributed by atoms with Crippen molar-refractivity contribution < 1.29 is 14.0 Å². The van der Waals surface area contributed by atoms with Crippen LogP contribution in [0.25, 0.3) is 0 Å². The second-order valence-electron chi connectivity index (χ2n) is 8.27. The monoisotopic (exact) mass is 399 g/mol. The van der Waals surface area contributed by atoms with Crippen LogP contribution in [-0.2, 0) is 13.1 Å². The van der Waals surface area contributed by atoms with E-state index < -0.39 is 11.3 Å². The highest BCUT2D eigenvalue weighted by atomic mass is 16.3. The molecule has 0 aromatic carbocycles. The van der Waals surface area contributed by atoms with E-state index in [0.717, 1.165) is 12.8 Å². The van der Waals surface area contributed by atoms with Gasteiger partial charge in [0, 0.05) is 32.0 Å². The Labute approximate surface area is 170 Å². The first kappa shape index (κ1) is 20.9. The number of carbonyl (C=O) groups excluding carboxylic acids is 2. The van der Waals surface area contributed by atoms with Crippen molar-refractivity contribution in [2.75, 3.05) is 13.1 Å². The largest absolute Gasteiger partial charge is 0.467 e. The van der Waals surface area contributed by atoms with Gasteiger partial charge in [-0.3, -0.25) is 14.4 Å². The zero-order valence-corrected chi connectivity index (χ0v) is 17.3. The minimum Gasteiger partial charge on any atom is -0.467 e. The van der Waals surface area contributed by atoms with Crippen LogP contribution in [0.4, 0.5) is 0 Å². The maximum Gasteiger partial charge on any atom is 0.259 e. The minimum atomic E-state index is -0.523. The van der Waals surface area contributed by atoms with Crippen LogP contribution in [0.3, 0.4) is 0 Å². The highest BCUT2D eigenvalue weighted by Crippen LogP contribution is 2.17. The quantitative estimate of drug-likeness (QED) is 0.809. The topological polar surface area (TPSA) is 84.5 Å². The van der Waals surface area contributed by atoms with Gasteiger partial charge >= 0.3 is 0 Å². The molecule has 29 heavy (non-hydrogen) atoms. The molecule has 3 heterocycles. The number of aromatic nitrogens is 1. The Kier molecular flexibility index (Phi) is 6.56. The molecule has 0 saturated carbocycles. The predicted octanol–water partition coefficient (Wildman–Crippen LogP) is 2.90. The van der Waals surface area contributed by atoms with Gasteiger partial charge in [-0.15, -0.1) is 0 Å². The summed E-state index contributed by atoms with van der Waals surface area (Å²) in [5.41, 5.74) is -0.483. The molecule has 0 bridgehead atoms. The van der Waals surface area contributed by atoms with Gasteiger partial charge in [0.05, 0.1) is 12.8 Å². The number of carbonyl (C=O) groups is 2. The van der Waals surface area contributed by atoms with Crippen LogP contribution < -0.4 is 10.7 Å². The number of hydrogen-bond donors (Lipinski definition) is 1. The van der Waals surface area contributed by atoms with Gasteiger partial charge in [0.1, 0.15) is 16.9 Å². The van der Waals surface area contributed by atoms with Crippen molar-refractivity contribution in [2.24, 2.45) is 11.8 Å². The number of nitrogens with one attached hydrogen (secondary N) is 1. The Morgan fingerprint density at radius 2 is 2.03 bits per heavy atom. The van der Waals surface area contributed by atoms with Gasteiger partial charge in [0.15, 0.2) is 0 Å². The third-order valence-corrected chi connectivity index (χ3v) is 5.08. The van der Waals surface area contributed by atoms with E-state index in [0.29, 0.717) is 37.2 Å². The van der Waals surface area contributed by atoms with E-state index in [1.54, 1.807) is 27.8 Å². The van der Waals surface area contributed by atoms with Crippen LogP contribution in [0, 0.1) is 11.8 Å². The van der Waals surface area contributed by atoms with Gasteiger partial charge < -0.3 is 19.2 Å². The fourth-order valence-electron chi connectivity index (χ4n) is 3.69. The zero-order valence-electron chi connectivity index (χ0n) is 17.3. The molecular formula is C22H29N3O4. The van der Waals surface area contributed by atoms with E-state index in [9.17, 15) is 14.4 Å². The van der Waals surface area contributed by atoms with Gasteiger partial charge in [-0.25, -0.2) is 0 Å². The predicted molar refractivity (Wildman–Crippen MR) is 110 cm³/mol. The van der Waals surface area contributed by atoms with Crippen LogP contribution in [0.1, 0.15) is 60.1 Å². The van der Waals surface area contributed by atoms with Crippen LogP contribution >= 0.6 is 0 Å². The van der Waals surface area contributed by atoms with E-state index in [2.05, 4.69) is 12.2 Å². The number of piperidine rings is 1. The zero-order chi connectivity index (χ0) is 21.0. The second kappa shape index (κ2) is 9.11. The van der Waals surface area contributed by atoms with Crippen LogP contribution in [0.15, 0.2) is 40.0 Å². The molecule has 1 fully saturated rings. The van der Waals surface area contributed by atoms with Gasteiger partial charge in [-0.1, -0.05) is 20.8 Å². The Hall–Kier alpha value is -2.83. The van der Waals surface area contributed by atoms with Crippen molar-refractivity contribution in [1.82, 2.24) is 14.8 Å². The molecule has 2 aromatic rings. The van der Waals surface area contributed by atoms with Crippen LogP contribution in [-0.4, -0.2) is 34.4 Å². The number of hydrogen-bond acceptors (Lipinski definition) is 4. The number of amides is 2. The van der Waals surface area contributed by atoms with Crippen molar-refractivity contribution in [2.45, 2.75) is 46.7 Å². The molecule has 1 aliphatic heterocycles. The molecule has 0 radical (unpaired) electrons. The summed E-state index contributed by atoms with van der Waals surface area (Å²) in [4.78, 5) is 40.6. The third-order valence-electron chi connectivity index (χ3n) is 5.08. The molecule has 3 rings (SSSR count). The summed E-state index contributed by atoms with van der Waals surface area (Å²) < 4.78 is 6.99. The molecule has 1 aliphatic rings. The lowest BCUT2D eigenvalue weighted by Gasteiger charge is -2.31. The third kappa shape index (κ3) is 5.16. The second-order valence-corrected chi connectivity index (χ2v) is 8.27.